The molecule has 2 N–H and O–H groups in total. The molecule has 5 heteroatoms. The molecule has 0 saturated heterocycles. The molecule has 94 valence electrons. The molecule has 0 rings (SSSR count). The van der Waals surface area contributed by atoms with Gasteiger partial charge in [-0.05, 0) is 41.5 Å². The average Bonchev–Trinajstić information content (AvgIpc) is 1.96. The van der Waals surface area contributed by atoms with Crippen molar-refractivity contribution in [3.63, 3.8) is 0 Å². The van der Waals surface area contributed by atoms with Gasteiger partial charge in [-0.2, -0.15) is 0 Å². The van der Waals surface area contributed by atoms with Crippen LogP contribution in [0, 0.1) is 0 Å². The topological polar surface area (TPSA) is 24.1 Å². The number of rotatable bonds is 3. The Balaban J connectivity index is 0. The first-order valence-corrected chi connectivity index (χ1v) is 13.0. The maximum absolute atomic E-state index is 4.95. The fraction of sp³-hybridized carbons (Fsp3) is 1.00. The zero-order valence-electron chi connectivity index (χ0n) is 10.9. The molecule has 0 heterocycles. The van der Waals surface area contributed by atoms with Crippen LogP contribution < -0.4 is 10.6 Å². The van der Waals surface area contributed by atoms with Crippen molar-refractivity contribution in [2.45, 2.75) is 52.6 Å². The quantitative estimate of drug-likeness (QED) is 0.616. The second-order valence-corrected chi connectivity index (χ2v) is 10.1. The number of halogens is 2. The van der Waals surface area contributed by atoms with Gasteiger partial charge in [0.1, 0.15) is 0 Å². The Morgan fingerprint density at radius 1 is 0.800 bits per heavy atom. The van der Waals surface area contributed by atoms with Gasteiger partial charge in [0.25, 0.3) is 0 Å². The summed E-state index contributed by atoms with van der Waals surface area (Å²) in [5, 5.41) is 6.86. The van der Waals surface area contributed by atoms with Crippen LogP contribution in [0.15, 0.2) is 0 Å². The first-order valence-electron chi connectivity index (χ1n) is 5.24. The maximum atomic E-state index is 4.95. The van der Waals surface area contributed by atoms with Gasteiger partial charge >= 0.3 is 33.6 Å². The van der Waals surface area contributed by atoms with Gasteiger partial charge in [0, 0.05) is 24.2 Å². The molecule has 0 atom stereocenters. The van der Waals surface area contributed by atoms with Crippen LogP contribution in [0.2, 0.25) is 0 Å². The van der Waals surface area contributed by atoms with E-state index in [2.05, 4.69) is 52.2 Å². The fourth-order valence-corrected chi connectivity index (χ4v) is 0.875. The van der Waals surface area contributed by atoms with Gasteiger partial charge in [-0.3, -0.25) is 0 Å². The van der Waals surface area contributed by atoms with E-state index < -0.39 is 13.6 Å². The van der Waals surface area contributed by atoms with E-state index in [1.807, 2.05) is 0 Å². The van der Waals surface area contributed by atoms with Crippen LogP contribution in [-0.4, -0.2) is 37.7 Å². The molecule has 0 aromatic carbocycles. The number of nitrogens with one attached hydrogen (secondary N) is 2. The van der Waals surface area contributed by atoms with Crippen molar-refractivity contribution in [2.24, 2.45) is 0 Å². The summed E-state index contributed by atoms with van der Waals surface area (Å²) in [6.45, 7) is 15.2. The molecule has 0 aromatic heterocycles. The van der Waals surface area contributed by atoms with Crippen molar-refractivity contribution in [2.75, 3.05) is 13.1 Å². The van der Waals surface area contributed by atoms with Gasteiger partial charge < -0.3 is 10.6 Å². The summed E-state index contributed by atoms with van der Waals surface area (Å²) in [6.07, 6.45) is 0. The second kappa shape index (κ2) is 9.11. The predicted octanol–water partition coefficient (Wildman–Crippen LogP) is 2.23. The van der Waals surface area contributed by atoms with Crippen molar-refractivity contribution in [1.29, 1.82) is 0 Å². The Labute approximate surface area is 110 Å². The van der Waals surface area contributed by atoms with Crippen molar-refractivity contribution >= 4 is 33.6 Å². The van der Waals surface area contributed by atoms with Crippen molar-refractivity contribution in [1.82, 2.24) is 10.6 Å². The van der Waals surface area contributed by atoms with Gasteiger partial charge in [0.05, 0.1) is 0 Å². The van der Waals surface area contributed by atoms with E-state index in [0.717, 1.165) is 13.1 Å². The zero-order valence-corrected chi connectivity index (χ0v) is 15.4. The number of hydrogen-bond acceptors (Lipinski definition) is 2. The predicted molar refractivity (Wildman–Crippen MR) is 75.8 cm³/mol. The van der Waals surface area contributed by atoms with E-state index >= 15 is 0 Å². The number of hydrogen-bond donors (Lipinski definition) is 2. The van der Waals surface area contributed by atoms with E-state index in [9.17, 15) is 0 Å². The van der Waals surface area contributed by atoms with Crippen LogP contribution in [-0.2, 0) is 0 Å². The first-order chi connectivity index (χ1) is 6.62. The monoisotopic (exact) mass is 318 g/mol. The molecule has 0 radical (unpaired) electrons. The normalized spacial score (nSPS) is 12.0. The molecular formula is C10H26Cl2GeN2. The molecule has 0 aliphatic rings. The summed E-state index contributed by atoms with van der Waals surface area (Å²) in [7, 11) is 9.90. The molecule has 0 aliphatic heterocycles. The van der Waals surface area contributed by atoms with Crippen molar-refractivity contribution in [3.05, 3.63) is 0 Å². The van der Waals surface area contributed by atoms with E-state index in [1.165, 1.54) is 0 Å². The van der Waals surface area contributed by atoms with E-state index in [0.29, 0.717) is 0 Å². The van der Waals surface area contributed by atoms with Crippen molar-refractivity contribution < 1.29 is 0 Å². The molecule has 0 amide bonds. The fourth-order valence-electron chi connectivity index (χ4n) is 0.875. The third-order valence-electron chi connectivity index (χ3n) is 1.44. The minimum atomic E-state index is -0.931. The Morgan fingerprint density at radius 3 is 1.13 bits per heavy atom. The first kappa shape index (κ1) is 18.4. The Hall–Kier alpha value is 1.04. The summed E-state index contributed by atoms with van der Waals surface area (Å²) >= 11 is -0.931. The SMILES string of the molecule is CC(C)(C)NCCNC(C)(C)C.[Cl][GeH2][Cl]. The molecule has 0 bridgehead atoms. The molecule has 0 spiro atoms. The van der Waals surface area contributed by atoms with Gasteiger partial charge in [-0.15, -0.1) is 0 Å². The molecule has 15 heavy (non-hydrogen) atoms. The van der Waals surface area contributed by atoms with Crippen LogP contribution in [0.1, 0.15) is 41.5 Å². The molecule has 0 aromatic rings. The minimum absolute atomic E-state index is 0.236. The van der Waals surface area contributed by atoms with Crippen LogP contribution in [0.5, 0.6) is 0 Å². The summed E-state index contributed by atoms with van der Waals surface area (Å²) in [5.74, 6) is 0. The summed E-state index contributed by atoms with van der Waals surface area (Å²) in [5.41, 5.74) is 0.471. The van der Waals surface area contributed by atoms with E-state index in [1.54, 1.807) is 0 Å². The summed E-state index contributed by atoms with van der Waals surface area (Å²) in [6, 6.07) is 0. The van der Waals surface area contributed by atoms with Gasteiger partial charge in [-0.1, -0.05) is 0 Å². The van der Waals surface area contributed by atoms with E-state index in [-0.39, 0.29) is 11.1 Å². The second-order valence-electron chi connectivity index (χ2n) is 5.45. The molecule has 0 unspecified atom stereocenters. The molecule has 0 aliphatic carbocycles. The van der Waals surface area contributed by atoms with Crippen LogP contribution in [0.25, 0.3) is 0 Å². The van der Waals surface area contributed by atoms with Crippen LogP contribution >= 0.6 is 20.0 Å². The van der Waals surface area contributed by atoms with Gasteiger partial charge in [-0.25, -0.2) is 0 Å². The zero-order chi connectivity index (χ0) is 12.5. The Bertz CT molecular complexity index is 125. The Morgan fingerprint density at radius 2 is 1.00 bits per heavy atom. The van der Waals surface area contributed by atoms with Crippen LogP contribution in [0.4, 0.5) is 0 Å². The van der Waals surface area contributed by atoms with Crippen LogP contribution in [0.3, 0.4) is 0 Å². The third-order valence-corrected chi connectivity index (χ3v) is 1.44. The van der Waals surface area contributed by atoms with Gasteiger partial charge in [0.15, 0.2) is 0 Å². The molecule has 2 nitrogen and oxygen atoms in total. The Kier molecular flexibility index (Phi) is 11.2. The molecule has 0 fully saturated rings. The van der Waals surface area contributed by atoms with Crippen molar-refractivity contribution in [3.8, 4) is 0 Å². The summed E-state index contributed by atoms with van der Waals surface area (Å²) < 4.78 is 0. The summed E-state index contributed by atoms with van der Waals surface area (Å²) in [4.78, 5) is 0. The molecular weight excluding hydrogens is 292 g/mol. The van der Waals surface area contributed by atoms with E-state index in [4.69, 9.17) is 20.0 Å². The van der Waals surface area contributed by atoms with Gasteiger partial charge in [0.2, 0.25) is 0 Å². The molecule has 0 saturated carbocycles. The standard InChI is InChI=1S/C10H24N2.Cl2GeH2/c1-9(2,3)11-7-8-12-10(4,5)6;1-3-2/h11-12H,7-8H2,1-6H3;3H2. The third kappa shape index (κ3) is 25.4. The average molecular weight is 318 g/mol.